The number of nitrogens with one attached hydrogen (secondary N) is 1. The Bertz CT molecular complexity index is 758. The van der Waals surface area contributed by atoms with Crippen LogP contribution < -0.4 is 5.32 Å². The summed E-state index contributed by atoms with van der Waals surface area (Å²) in [5.74, 6) is 0.517. The van der Waals surface area contributed by atoms with Crippen LogP contribution >= 0.6 is 0 Å². The molecule has 2 aliphatic rings. The molecule has 3 atom stereocenters. The number of piperidine rings is 1. The lowest BCUT2D eigenvalue weighted by molar-refractivity contribution is -0.139. The molecule has 136 valence electrons. The highest BCUT2D eigenvalue weighted by Crippen LogP contribution is 2.34. The summed E-state index contributed by atoms with van der Waals surface area (Å²) in [6.45, 7) is 3.98. The monoisotopic (exact) mass is 348 g/mol. The van der Waals surface area contributed by atoms with Crippen LogP contribution in [0, 0.1) is 5.92 Å². The van der Waals surface area contributed by atoms with Crippen LogP contribution in [0.4, 0.5) is 0 Å². The molecule has 4 rings (SSSR count). The molecule has 1 N–H and O–H groups in total. The SMILES string of the molecule is C[C@H]1C[C@@H](C(=O)N2CCc3ccccc3C2Cc2ccccc2)CCN1. The topological polar surface area (TPSA) is 32.3 Å². The van der Waals surface area contributed by atoms with Gasteiger partial charge in [0.1, 0.15) is 0 Å². The van der Waals surface area contributed by atoms with Crippen molar-refractivity contribution in [2.24, 2.45) is 5.92 Å². The normalized spacial score (nSPS) is 25.6. The Morgan fingerprint density at radius 1 is 1.12 bits per heavy atom. The molecular weight excluding hydrogens is 320 g/mol. The van der Waals surface area contributed by atoms with E-state index in [1.165, 1.54) is 16.7 Å². The third-order valence-corrected chi connectivity index (χ3v) is 5.94. The largest absolute Gasteiger partial charge is 0.335 e. The predicted octanol–water partition coefficient (Wildman–Crippen LogP) is 3.74. The Morgan fingerprint density at radius 2 is 1.88 bits per heavy atom. The van der Waals surface area contributed by atoms with Crippen LogP contribution in [0.3, 0.4) is 0 Å². The lowest BCUT2D eigenvalue weighted by Crippen LogP contribution is -2.47. The molecule has 1 fully saturated rings. The van der Waals surface area contributed by atoms with Gasteiger partial charge in [-0.2, -0.15) is 0 Å². The zero-order chi connectivity index (χ0) is 17.9. The van der Waals surface area contributed by atoms with Crippen LogP contribution in [0.25, 0.3) is 0 Å². The minimum absolute atomic E-state index is 0.153. The van der Waals surface area contributed by atoms with Crippen molar-refractivity contribution < 1.29 is 4.79 Å². The van der Waals surface area contributed by atoms with E-state index in [0.717, 1.165) is 38.8 Å². The summed E-state index contributed by atoms with van der Waals surface area (Å²) in [4.78, 5) is 15.6. The maximum atomic E-state index is 13.4. The molecule has 2 aliphatic heterocycles. The lowest BCUT2D eigenvalue weighted by atomic mass is 9.86. The zero-order valence-electron chi connectivity index (χ0n) is 15.5. The average Bonchev–Trinajstić information content (AvgIpc) is 2.68. The van der Waals surface area contributed by atoms with Crippen LogP contribution in [0.1, 0.15) is 42.5 Å². The van der Waals surface area contributed by atoms with Crippen LogP contribution in [-0.4, -0.2) is 29.9 Å². The molecular formula is C23H28N2O. The standard InChI is InChI=1S/C23H28N2O/c1-17-15-20(11-13-24-17)23(26)25-14-12-19-9-5-6-10-21(19)22(25)16-18-7-3-2-4-8-18/h2-10,17,20,22,24H,11-16H2,1H3/t17-,20-,22?/m0/s1. The number of carbonyl (C=O) groups excluding carboxylic acids is 1. The Hall–Kier alpha value is -2.13. The van der Waals surface area contributed by atoms with E-state index in [-0.39, 0.29) is 12.0 Å². The molecule has 0 spiro atoms. The second-order valence-corrected chi connectivity index (χ2v) is 7.76. The molecule has 0 aliphatic carbocycles. The van der Waals surface area contributed by atoms with Crippen molar-refractivity contribution in [3.05, 3.63) is 71.3 Å². The second kappa shape index (κ2) is 7.63. The van der Waals surface area contributed by atoms with E-state index >= 15 is 0 Å². The number of rotatable bonds is 3. The second-order valence-electron chi connectivity index (χ2n) is 7.76. The van der Waals surface area contributed by atoms with Crippen LogP contribution in [0.15, 0.2) is 54.6 Å². The van der Waals surface area contributed by atoms with Gasteiger partial charge in [0.2, 0.25) is 5.91 Å². The first-order valence-corrected chi connectivity index (χ1v) is 9.88. The third kappa shape index (κ3) is 3.54. The highest BCUT2D eigenvalue weighted by Gasteiger charge is 2.35. The molecule has 1 saturated heterocycles. The number of hydrogen-bond donors (Lipinski definition) is 1. The van der Waals surface area contributed by atoms with Gasteiger partial charge in [-0.3, -0.25) is 4.79 Å². The van der Waals surface area contributed by atoms with Crippen LogP contribution in [-0.2, 0) is 17.6 Å². The van der Waals surface area contributed by atoms with E-state index in [4.69, 9.17) is 0 Å². The molecule has 3 nitrogen and oxygen atoms in total. The number of hydrogen-bond acceptors (Lipinski definition) is 2. The molecule has 0 bridgehead atoms. The van der Waals surface area contributed by atoms with Crippen LogP contribution in [0.5, 0.6) is 0 Å². The van der Waals surface area contributed by atoms with Gasteiger partial charge in [0.05, 0.1) is 6.04 Å². The smallest absolute Gasteiger partial charge is 0.226 e. The van der Waals surface area contributed by atoms with E-state index in [9.17, 15) is 4.79 Å². The van der Waals surface area contributed by atoms with Crippen molar-refractivity contribution in [2.75, 3.05) is 13.1 Å². The fraction of sp³-hybridized carbons (Fsp3) is 0.435. The summed E-state index contributed by atoms with van der Waals surface area (Å²) in [6.07, 6.45) is 3.77. The van der Waals surface area contributed by atoms with Gasteiger partial charge in [0.15, 0.2) is 0 Å². The van der Waals surface area contributed by atoms with Crippen molar-refractivity contribution in [1.82, 2.24) is 10.2 Å². The van der Waals surface area contributed by atoms with Gasteiger partial charge < -0.3 is 10.2 Å². The van der Waals surface area contributed by atoms with E-state index in [1.807, 2.05) is 0 Å². The number of carbonyl (C=O) groups is 1. The molecule has 0 radical (unpaired) electrons. The molecule has 2 heterocycles. The summed E-state index contributed by atoms with van der Waals surface area (Å²) in [5.41, 5.74) is 4.03. The van der Waals surface area contributed by atoms with Crippen molar-refractivity contribution >= 4 is 5.91 Å². The number of fused-ring (bicyclic) bond motifs is 1. The van der Waals surface area contributed by atoms with E-state index < -0.39 is 0 Å². The fourth-order valence-electron chi connectivity index (χ4n) is 4.56. The number of amides is 1. The third-order valence-electron chi connectivity index (χ3n) is 5.94. The molecule has 1 amide bonds. The molecule has 0 saturated carbocycles. The summed E-state index contributed by atoms with van der Waals surface area (Å²) in [7, 11) is 0. The first-order valence-electron chi connectivity index (χ1n) is 9.88. The average molecular weight is 348 g/mol. The predicted molar refractivity (Wildman–Crippen MR) is 105 cm³/mol. The van der Waals surface area contributed by atoms with Crippen molar-refractivity contribution in [3.63, 3.8) is 0 Å². The summed E-state index contributed by atoms with van der Waals surface area (Å²) in [6, 6.07) is 19.8. The summed E-state index contributed by atoms with van der Waals surface area (Å²) in [5, 5.41) is 3.47. The maximum Gasteiger partial charge on any atom is 0.226 e. The Kier molecular flexibility index (Phi) is 5.07. The minimum atomic E-state index is 0.153. The van der Waals surface area contributed by atoms with Gasteiger partial charge in [-0.25, -0.2) is 0 Å². The quantitative estimate of drug-likeness (QED) is 0.916. The first-order chi connectivity index (χ1) is 12.7. The highest BCUT2D eigenvalue weighted by atomic mass is 16.2. The summed E-state index contributed by atoms with van der Waals surface area (Å²) < 4.78 is 0. The fourth-order valence-corrected chi connectivity index (χ4v) is 4.56. The molecule has 26 heavy (non-hydrogen) atoms. The minimum Gasteiger partial charge on any atom is -0.335 e. The van der Waals surface area contributed by atoms with Gasteiger partial charge in [0, 0.05) is 18.5 Å². The number of benzene rings is 2. The molecule has 3 heteroatoms. The Morgan fingerprint density at radius 3 is 2.69 bits per heavy atom. The van der Waals surface area contributed by atoms with E-state index in [2.05, 4.69) is 71.7 Å². The molecule has 0 aromatic heterocycles. The first kappa shape index (κ1) is 17.3. The zero-order valence-corrected chi connectivity index (χ0v) is 15.5. The molecule has 2 aromatic rings. The molecule has 1 unspecified atom stereocenters. The van der Waals surface area contributed by atoms with E-state index in [1.54, 1.807) is 0 Å². The van der Waals surface area contributed by atoms with Gasteiger partial charge in [-0.1, -0.05) is 54.6 Å². The Labute approximate surface area is 156 Å². The maximum absolute atomic E-state index is 13.4. The molecule has 2 aromatic carbocycles. The van der Waals surface area contributed by atoms with Gasteiger partial charge in [-0.05, 0) is 55.8 Å². The number of nitrogens with zero attached hydrogens (tertiary/aromatic N) is 1. The Balaban J connectivity index is 1.63. The van der Waals surface area contributed by atoms with Gasteiger partial charge in [0.25, 0.3) is 0 Å². The van der Waals surface area contributed by atoms with Gasteiger partial charge in [-0.15, -0.1) is 0 Å². The van der Waals surface area contributed by atoms with Crippen molar-refractivity contribution in [2.45, 2.75) is 44.7 Å². The summed E-state index contributed by atoms with van der Waals surface area (Å²) >= 11 is 0. The van der Waals surface area contributed by atoms with Crippen molar-refractivity contribution in [3.8, 4) is 0 Å². The van der Waals surface area contributed by atoms with Crippen molar-refractivity contribution in [1.29, 1.82) is 0 Å². The highest BCUT2D eigenvalue weighted by molar-refractivity contribution is 5.80. The van der Waals surface area contributed by atoms with E-state index in [0.29, 0.717) is 11.9 Å². The van der Waals surface area contributed by atoms with Gasteiger partial charge >= 0.3 is 0 Å². The van der Waals surface area contributed by atoms with Crippen LogP contribution in [0.2, 0.25) is 0 Å². The lowest BCUT2D eigenvalue weighted by Gasteiger charge is -2.41.